The van der Waals surface area contributed by atoms with E-state index in [0.29, 0.717) is 31.2 Å². The quantitative estimate of drug-likeness (QED) is 0.789. The van der Waals surface area contributed by atoms with Crippen LogP contribution in [0, 0.1) is 17.8 Å². The Labute approximate surface area is 115 Å². The van der Waals surface area contributed by atoms with Gasteiger partial charge in [0.2, 0.25) is 11.8 Å². The van der Waals surface area contributed by atoms with Crippen molar-refractivity contribution >= 4 is 11.8 Å². The van der Waals surface area contributed by atoms with Crippen LogP contribution in [0.4, 0.5) is 0 Å². The molecule has 0 aromatic heterocycles. The van der Waals surface area contributed by atoms with Gasteiger partial charge in [-0.3, -0.25) is 14.5 Å². The number of piperidine rings is 2. The smallest absolute Gasteiger partial charge is 0.229 e. The Morgan fingerprint density at radius 1 is 1.21 bits per heavy atom. The van der Waals surface area contributed by atoms with E-state index in [0.717, 1.165) is 32.4 Å². The van der Waals surface area contributed by atoms with Crippen LogP contribution in [-0.4, -0.2) is 36.3 Å². The van der Waals surface area contributed by atoms with Crippen LogP contribution in [0.25, 0.3) is 0 Å². The SMILES string of the molecule is CC(C)CC1CC(=O)N(CC2CCCNC2)C(=O)C1. The van der Waals surface area contributed by atoms with Gasteiger partial charge in [0.1, 0.15) is 0 Å². The molecule has 2 rings (SSSR count). The number of nitrogens with one attached hydrogen (secondary N) is 1. The largest absolute Gasteiger partial charge is 0.316 e. The van der Waals surface area contributed by atoms with Gasteiger partial charge in [-0.15, -0.1) is 0 Å². The lowest BCUT2D eigenvalue weighted by atomic mass is 9.87. The zero-order valence-corrected chi connectivity index (χ0v) is 12.2. The van der Waals surface area contributed by atoms with Crippen molar-refractivity contribution in [3.05, 3.63) is 0 Å². The maximum Gasteiger partial charge on any atom is 0.229 e. The van der Waals surface area contributed by atoms with E-state index in [1.807, 2.05) is 0 Å². The molecule has 0 bridgehead atoms. The Bertz CT molecular complexity index is 317. The van der Waals surface area contributed by atoms with Crippen LogP contribution >= 0.6 is 0 Å². The Kier molecular flexibility index (Phi) is 4.97. The molecule has 19 heavy (non-hydrogen) atoms. The highest BCUT2D eigenvalue weighted by Crippen LogP contribution is 2.27. The summed E-state index contributed by atoms with van der Waals surface area (Å²) < 4.78 is 0. The first-order valence-electron chi connectivity index (χ1n) is 7.60. The molecule has 0 spiro atoms. The molecule has 0 saturated carbocycles. The van der Waals surface area contributed by atoms with Gasteiger partial charge >= 0.3 is 0 Å². The highest BCUT2D eigenvalue weighted by atomic mass is 16.2. The van der Waals surface area contributed by atoms with E-state index in [9.17, 15) is 9.59 Å². The van der Waals surface area contributed by atoms with Gasteiger partial charge in [0.25, 0.3) is 0 Å². The summed E-state index contributed by atoms with van der Waals surface area (Å²) in [5.74, 6) is 1.36. The van der Waals surface area contributed by atoms with E-state index in [2.05, 4.69) is 19.2 Å². The molecular weight excluding hydrogens is 240 g/mol. The van der Waals surface area contributed by atoms with Gasteiger partial charge in [-0.2, -0.15) is 0 Å². The molecule has 2 heterocycles. The molecule has 2 aliphatic heterocycles. The zero-order chi connectivity index (χ0) is 13.8. The number of carbonyl (C=O) groups excluding carboxylic acids is 2. The molecule has 0 aromatic rings. The van der Waals surface area contributed by atoms with Gasteiger partial charge in [0.05, 0.1) is 0 Å². The first kappa shape index (κ1) is 14.5. The summed E-state index contributed by atoms with van der Waals surface area (Å²) in [6, 6.07) is 0. The number of hydrogen-bond donors (Lipinski definition) is 1. The van der Waals surface area contributed by atoms with Crippen molar-refractivity contribution < 1.29 is 9.59 Å². The Balaban J connectivity index is 1.88. The molecule has 1 N–H and O–H groups in total. The van der Waals surface area contributed by atoms with Crippen LogP contribution in [0.5, 0.6) is 0 Å². The predicted molar refractivity (Wildman–Crippen MR) is 74.5 cm³/mol. The summed E-state index contributed by atoms with van der Waals surface area (Å²) in [5, 5.41) is 3.34. The topological polar surface area (TPSA) is 49.4 Å². The molecule has 4 nitrogen and oxygen atoms in total. The van der Waals surface area contributed by atoms with Crippen LogP contribution in [0.1, 0.15) is 46.0 Å². The van der Waals surface area contributed by atoms with Gasteiger partial charge in [0.15, 0.2) is 0 Å². The summed E-state index contributed by atoms with van der Waals surface area (Å²) in [4.78, 5) is 25.8. The molecule has 1 atom stereocenters. The Morgan fingerprint density at radius 2 is 1.89 bits per heavy atom. The molecule has 2 amide bonds. The van der Waals surface area contributed by atoms with Crippen LogP contribution in [-0.2, 0) is 9.59 Å². The van der Waals surface area contributed by atoms with Crippen LogP contribution < -0.4 is 5.32 Å². The second kappa shape index (κ2) is 6.51. The minimum absolute atomic E-state index is 0.0486. The Hall–Kier alpha value is -0.900. The number of carbonyl (C=O) groups is 2. The van der Waals surface area contributed by atoms with Crippen LogP contribution in [0.15, 0.2) is 0 Å². The minimum Gasteiger partial charge on any atom is -0.316 e. The van der Waals surface area contributed by atoms with Gasteiger partial charge in [-0.05, 0) is 50.1 Å². The molecule has 2 fully saturated rings. The molecular formula is C15H26N2O2. The minimum atomic E-state index is 0.0486. The van der Waals surface area contributed by atoms with Crippen LogP contribution in [0.2, 0.25) is 0 Å². The average molecular weight is 266 g/mol. The number of rotatable bonds is 4. The van der Waals surface area contributed by atoms with Gasteiger partial charge in [-0.25, -0.2) is 0 Å². The highest BCUT2D eigenvalue weighted by molar-refractivity contribution is 5.97. The average Bonchev–Trinajstić information content (AvgIpc) is 2.34. The normalized spacial score (nSPS) is 26.3. The summed E-state index contributed by atoms with van der Waals surface area (Å²) in [5.41, 5.74) is 0. The summed E-state index contributed by atoms with van der Waals surface area (Å²) in [6.07, 6.45) is 4.38. The van der Waals surface area contributed by atoms with E-state index in [-0.39, 0.29) is 17.7 Å². The molecule has 108 valence electrons. The monoisotopic (exact) mass is 266 g/mol. The number of hydrogen-bond acceptors (Lipinski definition) is 3. The third kappa shape index (κ3) is 4.03. The molecule has 1 unspecified atom stereocenters. The standard InChI is InChI=1S/C15H26N2O2/c1-11(2)6-13-7-14(18)17(15(19)8-13)10-12-4-3-5-16-9-12/h11-13,16H,3-10H2,1-2H3. The summed E-state index contributed by atoms with van der Waals surface area (Å²) in [6.45, 7) is 6.92. The second-order valence-electron chi connectivity index (χ2n) is 6.51. The molecule has 0 radical (unpaired) electrons. The van der Waals surface area contributed by atoms with Gasteiger partial charge in [0, 0.05) is 19.4 Å². The van der Waals surface area contributed by atoms with Crippen molar-refractivity contribution in [1.29, 1.82) is 0 Å². The zero-order valence-electron chi connectivity index (χ0n) is 12.2. The van der Waals surface area contributed by atoms with Crippen molar-refractivity contribution in [2.75, 3.05) is 19.6 Å². The first-order chi connectivity index (χ1) is 9.06. The highest BCUT2D eigenvalue weighted by Gasteiger charge is 2.34. The molecule has 0 aromatic carbocycles. The molecule has 4 heteroatoms. The van der Waals surface area contributed by atoms with Gasteiger partial charge in [-0.1, -0.05) is 13.8 Å². The number of amides is 2. The Morgan fingerprint density at radius 3 is 2.42 bits per heavy atom. The van der Waals surface area contributed by atoms with Crippen molar-refractivity contribution in [2.45, 2.75) is 46.0 Å². The van der Waals surface area contributed by atoms with E-state index in [1.54, 1.807) is 0 Å². The van der Waals surface area contributed by atoms with E-state index >= 15 is 0 Å². The van der Waals surface area contributed by atoms with Gasteiger partial charge < -0.3 is 5.32 Å². The van der Waals surface area contributed by atoms with Crippen molar-refractivity contribution in [2.24, 2.45) is 17.8 Å². The van der Waals surface area contributed by atoms with E-state index in [4.69, 9.17) is 0 Å². The predicted octanol–water partition coefficient (Wildman–Crippen LogP) is 1.80. The fourth-order valence-electron chi connectivity index (χ4n) is 3.30. The number of imide groups is 1. The fraction of sp³-hybridized carbons (Fsp3) is 0.867. The lowest BCUT2D eigenvalue weighted by molar-refractivity contribution is -0.151. The van der Waals surface area contributed by atoms with Crippen LogP contribution in [0.3, 0.4) is 0 Å². The van der Waals surface area contributed by atoms with Crippen molar-refractivity contribution in [1.82, 2.24) is 10.2 Å². The molecule has 2 aliphatic rings. The van der Waals surface area contributed by atoms with E-state index in [1.165, 1.54) is 4.90 Å². The summed E-state index contributed by atoms with van der Waals surface area (Å²) >= 11 is 0. The third-order valence-corrected chi connectivity index (χ3v) is 4.17. The number of likely N-dealkylation sites (tertiary alicyclic amines) is 1. The second-order valence-corrected chi connectivity index (χ2v) is 6.51. The first-order valence-corrected chi connectivity index (χ1v) is 7.60. The van der Waals surface area contributed by atoms with E-state index < -0.39 is 0 Å². The molecule has 2 saturated heterocycles. The lowest BCUT2D eigenvalue weighted by Gasteiger charge is -2.34. The summed E-state index contributed by atoms with van der Waals surface area (Å²) in [7, 11) is 0. The van der Waals surface area contributed by atoms with Crippen molar-refractivity contribution in [3.8, 4) is 0 Å². The third-order valence-electron chi connectivity index (χ3n) is 4.17. The maximum absolute atomic E-state index is 12.2. The number of nitrogens with zero attached hydrogens (tertiary/aromatic N) is 1. The fourth-order valence-corrected chi connectivity index (χ4v) is 3.30. The maximum atomic E-state index is 12.2. The molecule has 0 aliphatic carbocycles. The lowest BCUT2D eigenvalue weighted by Crippen LogP contribution is -2.48. The van der Waals surface area contributed by atoms with Crippen molar-refractivity contribution in [3.63, 3.8) is 0 Å².